The van der Waals surface area contributed by atoms with Crippen LogP contribution < -0.4 is 0 Å². The van der Waals surface area contributed by atoms with Crippen LogP contribution in [0.3, 0.4) is 0 Å². The smallest absolute Gasteiger partial charge is 0.175 e. The molecule has 1 aliphatic carbocycles. The fraction of sp³-hybridized carbons (Fsp3) is 0.538. The minimum Gasteiger partial charge on any atom is -0.392 e. The number of hydrogen-bond donors (Lipinski definition) is 1. The van der Waals surface area contributed by atoms with Crippen molar-refractivity contribution in [2.24, 2.45) is 5.92 Å². The molecule has 0 amide bonds. The zero-order valence-electron chi connectivity index (χ0n) is 11.4. The molecular weight excluding hydrogens is 300 g/mol. The zero-order valence-corrected chi connectivity index (χ0v) is 13.0. The molecule has 1 saturated carbocycles. The standard InChI is InChI=1S/C13H18O5S2/c1-19(15,16)11-6-5-10(7-12(14)9-3-4-9)13(8-11)20(2,17)18/h5-6,8-9,12,14H,3-4,7H2,1-2H3. The van der Waals surface area contributed by atoms with E-state index in [0.717, 1.165) is 25.4 Å². The van der Waals surface area contributed by atoms with Crippen molar-refractivity contribution < 1.29 is 21.9 Å². The van der Waals surface area contributed by atoms with Gasteiger partial charge in [0.05, 0.1) is 15.9 Å². The quantitative estimate of drug-likeness (QED) is 0.868. The van der Waals surface area contributed by atoms with Crippen LogP contribution in [0.1, 0.15) is 18.4 Å². The third-order valence-electron chi connectivity index (χ3n) is 3.46. The number of sulfone groups is 2. The Hall–Kier alpha value is -0.920. The van der Waals surface area contributed by atoms with E-state index in [9.17, 15) is 21.9 Å². The van der Waals surface area contributed by atoms with Crippen molar-refractivity contribution in [3.8, 4) is 0 Å². The molecule has 0 aliphatic heterocycles. The van der Waals surface area contributed by atoms with Gasteiger partial charge in [-0.05, 0) is 42.9 Å². The van der Waals surface area contributed by atoms with Gasteiger partial charge in [-0.1, -0.05) is 6.07 Å². The van der Waals surface area contributed by atoms with Crippen molar-refractivity contribution >= 4 is 19.7 Å². The van der Waals surface area contributed by atoms with Crippen molar-refractivity contribution in [2.45, 2.75) is 35.2 Å². The minimum absolute atomic E-state index is 0.0138. The van der Waals surface area contributed by atoms with E-state index < -0.39 is 25.8 Å². The Balaban J connectivity index is 2.46. The van der Waals surface area contributed by atoms with Crippen molar-refractivity contribution in [1.82, 2.24) is 0 Å². The molecule has 0 aromatic heterocycles. The minimum atomic E-state index is -3.54. The van der Waals surface area contributed by atoms with Crippen LogP contribution in [0.25, 0.3) is 0 Å². The SMILES string of the molecule is CS(=O)(=O)c1ccc(CC(O)C2CC2)c(S(C)(=O)=O)c1. The summed E-state index contributed by atoms with van der Waals surface area (Å²) in [5, 5.41) is 9.95. The average molecular weight is 318 g/mol. The predicted molar refractivity (Wildman–Crippen MR) is 75.1 cm³/mol. The Kier molecular flexibility index (Phi) is 3.96. The van der Waals surface area contributed by atoms with E-state index in [-0.39, 0.29) is 22.1 Å². The molecule has 1 atom stereocenters. The van der Waals surface area contributed by atoms with Crippen LogP contribution in [-0.2, 0) is 26.1 Å². The molecule has 0 radical (unpaired) electrons. The summed E-state index contributed by atoms with van der Waals surface area (Å²) >= 11 is 0. The van der Waals surface area contributed by atoms with Crippen molar-refractivity contribution in [1.29, 1.82) is 0 Å². The lowest BCUT2D eigenvalue weighted by molar-refractivity contribution is 0.151. The van der Waals surface area contributed by atoms with Crippen LogP contribution in [-0.4, -0.2) is 40.6 Å². The molecule has 20 heavy (non-hydrogen) atoms. The van der Waals surface area contributed by atoms with Crippen molar-refractivity contribution in [3.05, 3.63) is 23.8 Å². The zero-order chi connectivity index (χ0) is 15.1. The van der Waals surface area contributed by atoms with E-state index in [1.54, 1.807) is 0 Å². The van der Waals surface area contributed by atoms with E-state index in [2.05, 4.69) is 0 Å². The average Bonchev–Trinajstić information content (AvgIpc) is 3.09. The highest BCUT2D eigenvalue weighted by Gasteiger charge is 2.31. The highest BCUT2D eigenvalue weighted by atomic mass is 32.2. The summed E-state index contributed by atoms with van der Waals surface area (Å²) in [6, 6.07) is 4.05. The van der Waals surface area contributed by atoms with Crippen LogP contribution >= 0.6 is 0 Å². The molecule has 5 nitrogen and oxygen atoms in total. The van der Waals surface area contributed by atoms with Gasteiger partial charge in [0.1, 0.15) is 0 Å². The summed E-state index contributed by atoms with van der Waals surface area (Å²) in [7, 11) is -7.00. The lowest BCUT2D eigenvalue weighted by atomic mass is 10.0. The van der Waals surface area contributed by atoms with Gasteiger partial charge in [-0.3, -0.25) is 0 Å². The van der Waals surface area contributed by atoms with Crippen molar-refractivity contribution in [2.75, 3.05) is 12.5 Å². The number of hydrogen-bond acceptors (Lipinski definition) is 5. The lowest BCUT2D eigenvalue weighted by Crippen LogP contribution is -2.15. The molecule has 112 valence electrons. The number of rotatable bonds is 5. The van der Waals surface area contributed by atoms with Gasteiger partial charge in [0.15, 0.2) is 19.7 Å². The third-order valence-corrected chi connectivity index (χ3v) is 5.75. The largest absolute Gasteiger partial charge is 0.392 e. The summed E-state index contributed by atoms with van der Waals surface area (Å²) in [6.07, 6.45) is 3.65. The summed E-state index contributed by atoms with van der Waals surface area (Å²) in [6.45, 7) is 0. The predicted octanol–water partition coefficient (Wildman–Crippen LogP) is 0.807. The first-order valence-corrected chi connectivity index (χ1v) is 10.1. The molecule has 0 spiro atoms. The lowest BCUT2D eigenvalue weighted by Gasteiger charge is -2.13. The van der Waals surface area contributed by atoms with Crippen molar-refractivity contribution in [3.63, 3.8) is 0 Å². The van der Waals surface area contributed by atoms with Gasteiger partial charge in [0.25, 0.3) is 0 Å². The van der Waals surface area contributed by atoms with Crippen LogP contribution in [0, 0.1) is 5.92 Å². The Morgan fingerprint density at radius 2 is 1.75 bits per heavy atom. The van der Waals surface area contributed by atoms with E-state index in [1.165, 1.54) is 18.2 Å². The molecule has 1 unspecified atom stereocenters. The maximum atomic E-state index is 11.8. The highest BCUT2D eigenvalue weighted by Crippen LogP contribution is 2.35. The second kappa shape index (κ2) is 5.13. The van der Waals surface area contributed by atoms with Crippen LogP contribution in [0.2, 0.25) is 0 Å². The van der Waals surface area contributed by atoms with Gasteiger partial charge in [-0.2, -0.15) is 0 Å². The molecule has 1 aromatic rings. The molecule has 1 aromatic carbocycles. The number of aliphatic hydroxyl groups is 1. The second-order valence-electron chi connectivity index (χ2n) is 5.42. The molecule has 7 heteroatoms. The summed E-state index contributed by atoms with van der Waals surface area (Å²) in [4.78, 5) is -0.0392. The molecule has 0 heterocycles. The van der Waals surface area contributed by atoms with Crippen LogP contribution in [0.4, 0.5) is 0 Å². The topological polar surface area (TPSA) is 88.5 Å². The van der Waals surface area contributed by atoms with Gasteiger partial charge in [-0.25, -0.2) is 16.8 Å². The van der Waals surface area contributed by atoms with Crippen LogP contribution in [0.5, 0.6) is 0 Å². The molecule has 1 aliphatic rings. The van der Waals surface area contributed by atoms with Gasteiger partial charge in [-0.15, -0.1) is 0 Å². The summed E-state index contributed by atoms with van der Waals surface area (Å²) in [5.74, 6) is 0.233. The van der Waals surface area contributed by atoms with E-state index in [4.69, 9.17) is 0 Å². The maximum Gasteiger partial charge on any atom is 0.175 e. The Morgan fingerprint density at radius 3 is 2.20 bits per heavy atom. The Morgan fingerprint density at radius 1 is 1.15 bits per heavy atom. The fourth-order valence-corrected chi connectivity index (χ4v) is 3.84. The highest BCUT2D eigenvalue weighted by molar-refractivity contribution is 7.91. The molecule has 0 bridgehead atoms. The fourth-order valence-electron chi connectivity index (χ4n) is 2.15. The van der Waals surface area contributed by atoms with Gasteiger partial charge in [0.2, 0.25) is 0 Å². The van der Waals surface area contributed by atoms with E-state index >= 15 is 0 Å². The first-order chi connectivity index (χ1) is 9.09. The third kappa shape index (κ3) is 3.59. The van der Waals surface area contributed by atoms with Gasteiger partial charge in [0, 0.05) is 12.5 Å². The van der Waals surface area contributed by atoms with E-state index in [0.29, 0.717) is 5.56 Å². The maximum absolute atomic E-state index is 11.8. The molecule has 2 rings (SSSR count). The van der Waals surface area contributed by atoms with Crippen LogP contribution in [0.15, 0.2) is 28.0 Å². The van der Waals surface area contributed by atoms with Gasteiger partial charge >= 0.3 is 0 Å². The van der Waals surface area contributed by atoms with Gasteiger partial charge < -0.3 is 5.11 Å². The first-order valence-electron chi connectivity index (χ1n) is 6.30. The molecule has 1 fully saturated rings. The Bertz CT molecular complexity index is 715. The second-order valence-corrected chi connectivity index (χ2v) is 9.42. The first kappa shape index (κ1) is 15.5. The monoisotopic (exact) mass is 318 g/mol. The molecular formula is C13H18O5S2. The number of aliphatic hydroxyl groups excluding tert-OH is 1. The Labute approximate surface area is 119 Å². The normalized spacial score (nSPS) is 17.9. The summed E-state index contributed by atoms with van der Waals surface area (Å²) < 4.78 is 46.7. The molecule has 1 N–H and O–H groups in total. The molecule has 0 saturated heterocycles. The summed E-state index contributed by atoms with van der Waals surface area (Å²) in [5.41, 5.74) is 0.472. The van der Waals surface area contributed by atoms with E-state index in [1.807, 2.05) is 0 Å². The number of benzene rings is 1.